The van der Waals surface area contributed by atoms with Crippen molar-refractivity contribution in [3.63, 3.8) is 0 Å². The number of hydrogen-bond acceptors (Lipinski definition) is 9. The molecule has 13 N–H and O–H groups in total. The molecule has 4 amide bonds. The summed E-state index contributed by atoms with van der Waals surface area (Å²) in [5.74, 6) is -6.23. The van der Waals surface area contributed by atoms with Crippen molar-refractivity contribution >= 4 is 54.2 Å². The third-order valence-electron chi connectivity index (χ3n) is 4.69. The Hall–Kier alpha value is -3.60. The molecule has 0 saturated heterocycles. The zero-order chi connectivity index (χ0) is 27.8. The second-order valence-corrected chi connectivity index (χ2v) is 8.06. The minimum Gasteiger partial charge on any atom is -0.481 e. The minimum absolute atomic E-state index is 0.0299. The molecular formula is C19H34N8O8S. The van der Waals surface area contributed by atoms with Gasteiger partial charge in [-0.15, -0.1) is 0 Å². The molecule has 0 rings (SSSR count). The molecule has 0 spiro atoms. The van der Waals surface area contributed by atoms with E-state index in [2.05, 4.69) is 33.6 Å². The fourth-order valence-corrected chi connectivity index (χ4v) is 3.00. The Labute approximate surface area is 212 Å². The van der Waals surface area contributed by atoms with Crippen molar-refractivity contribution in [3.8, 4) is 0 Å². The van der Waals surface area contributed by atoms with Crippen LogP contribution >= 0.6 is 12.6 Å². The third kappa shape index (κ3) is 14.0. The van der Waals surface area contributed by atoms with E-state index in [4.69, 9.17) is 28.0 Å². The van der Waals surface area contributed by atoms with Crippen LogP contribution in [0.3, 0.4) is 0 Å². The number of aliphatic imine (C=N–C) groups is 1. The minimum atomic E-state index is -1.37. The van der Waals surface area contributed by atoms with E-state index in [-0.39, 0.29) is 56.8 Å². The molecule has 0 aromatic carbocycles. The van der Waals surface area contributed by atoms with Crippen molar-refractivity contribution in [1.29, 1.82) is 0 Å². The van der Waals surface area contributed by atoms with Gasteiger partial charge in [0, 0.05) is 25.1 Å². The first-order chi connectivity index (χ1) is 16.8. The molecule has 0 bridgehead atoms. The summed E-state index contributed by atoms with van der Waals surface area (Å²) in [6.45, 7) is 0.127. The summed E-state index contributed by atoms with van der Waals surface area (Å²) < 4.78 is 0. The number of carbonyl (C=O) groups excluding carboxylic acids is 4. The van der Waals surface area contributed by atoms with Crippen molar-refractivity contribution in [1.82, 2.24) is 16.0 Å². The monoisotopic (exact) mass is 534 g/mol. The molecule has 0 aromatic rings. The number of guanidine groups is 1. The number of nitrogens with zero attached hydrogens (tertiary/aromatic N) is 1. The van der Waals surface area contributed by atoms with Crippen molar-refractivity contribution in [2.45, 2.75) is 62.7 Å². The SMILES string of the molecule is NC(=O)CCC(NC(=O)C(CS)NC(=O)C(N)CCC(=O)O)C(=O)NC(CCCN=C(N)N)C(=O)O. The number of carboxylic acids is 2. The Morgan fingerprint density at radius 2 is 1.33 bits per heavy atom. The highest BCUT2D eigenvalue weighted by Gasteiger charge is 2.30. The van der Waals surface area contributed by atoms with Gasteiger partial charge in [0.2, 0.25) is 23.6 Å². The summed E-state index contributed by atoms with van der Waals surface area (Å²) in [7, 11) is 0. The second kappa shape index (κ2) is 16.9. The van der Waals surface area contributed by atoms with Crippen LogP contribution in [-0.4, -0.2) is 88.2 Å². The van der Waals surface area contributed by atoms with E-state index in [0.717, 1.165) is 0 Å². The molecular weight excluding hydrogens is 500 g/mol. The van der Waals surface area contributed by atoms with Gasteiger partial charge in [0.25, 0.3) is 0 Å². The molecule has 0 aliphatic rings. The number of carboxylic acid groups (broad SMARTS) is 2. The van der Waals surface area contributed by atoms with E-state index >= 15 is 0 Å². The van der Waals surface area contributed by atoms with E-state index < -0.39 is 59.7 Å². The standard InChI is InChI=1S/C19H34N8O8S/c20-9(3-6-14(29)30)15(31)27-12(8-36)17(33)25-10(4-5-13(21)28)16(32)26-11(18(34)35)2-1-7-24-19(22)23/h9-12,36H,1-8,20H2,(H2,21,28)(H,25,33)(H,26,32)(H,27,31)(H,29,30)(H,34,35)(H4,22,23,24). The number of aliphatic carboxylic acids is 2. The first-order valence-electron chi connectivity index (χ1n) is 10.8. The predicted octanol–water partition coefficient (Wildman–Crippen LogP) is -4.03. The zero-order valence-corrected chi connectivity index (χ0v) is 20.4. The van der Waals surface area contributed by atoms with Crippen LogP contribution in [-0.2, 0) is 28.8 Å². The van der Waals surface area contributed by atoms with Gasteiger partial charge in [-0.25, -0.2) is 4.79 Å². The van der Waals surface area contributed by atoms with Crippen molar-refractivity contribution in [2.75, 3.05) is 12.3 Å². The number of carbonyl (C=O) groups is 6. The lowest BCUT2D eigenvalue weighted by molar-refractivity contribution is -0.142. The van der Waals surface area contributed by atoms with Crippen LogP contribution in [0, 0.1) is 0 Å². The highest BCUT2D eigenvalue weighted by atomic mass is 32.1. The van der Waals surface area contributed by atoms with Crippen molar-refractivity contribution in [3.05, 3.63) is 0 Å². The molecule has 0 aliphatic carbocycles. The lowest BCUT2D eigenvalue weighted by Gasteiger charge is -2.24. The summed E-state index contributed by atoms with van der Waals surface area (Å²) in [6.07, 6.45) is -0.901. The van der Waals surface area contributed by atoms with Gasteiger partial charge >= 0.3 is 11.9 Å². The van der Waals surface area contributed by atoms with Crippen LogP contribution in [0.15, 0.2) is 4.99 Å². The van der Waals surface area contributed by atoms with E-state index in [0.29, 0.717) is 0 Å². The Kier molecular flexibility index (Phi) is 15.2. The molecule has 17 heteroatoms. The van der Waals surface area contributed by atoms with Crippen LogP contribution in [0.4, 0.5) is 0 Å². The summed E-state index contributed by atoms with van der Waals surface area (Å²) in [6, 6.07) is -5.19. The predicted molar refractivity (Wildman–Crippen MR) is 130 cm³/mol. The first kappa shape index (κ1) is 32.4. The van der Waals surface area contributed by atoms with E-state index in [1.54, 1.807) is 0 Å². The largest absolute Gasteiger partial charge is 0.481 e. The zero-order valence-electron chi connectivity index (χ0n) is 19.5. The Morgan fingerprint density at radius 1 is 0.778 bits per heavy atom. The van der Waals surface area contributed by atoms with E-state index in [1.807, 2.05) is 0 Å². The number of amides is 4. The van der Waals surface area contributed by atoms with Crippen molar-refractivity contribution in [2.24, 2.45) is 27.9 Å². The normalized spacial score (nSPS) is 13.8. The fraction of sp³-hybridized carbons (Fsp3) is 0.632. The van der Waals surface area contributed by atoms with Gasteiger partial charge in [-0.3, -0.25) is 29.0 Å². The average molecular weight is 535 g/mol. The summed E-state index contributed by atoms with van der Waals surface area (Å²) >= 11 is 4.00. The first-order valence-corrected chi connectivity index (χ1v) is 11.5. The molecule has 0 fully saturated rings. The van der Waals surface area contributed by atoms with Gasteiger partial charge in [0.05, 0.1) is 6.04 Å². The molecule has 36 heavy (non-hydrogen) atoms. The third-order valence-corrected chi connectivity index (χ3v) is 5.06. The highest BCUT2D eigenvalue weighted by Crippen LogP contribution is 2.04. The molecule has 0 heterocycles. The van der Waals surface area contributed by atoms with E-state index in [9.17, 15) is 33.9 Å². The van der Waals surface area contributed by atoms with Gasteiger partial charge in [-0.1, -0.05) is 0 Å². The number of rotatable bonds is 18. The fourth-order valence-electron chi connectivity index (χ4n) is 2.74. The Balaban J connectivity index is 5.31. The number of thiol groups is 1. The van der Waals surface area contributed by atoms with Gasteiger partial charge in [0.15, 0.2) is 5.96 Å². The van der Waals surface area contributed by atoms with Gasteiger partial charge in [0.1, 0.15) is 18.1 Å². The number of hydrogen-bond donors (Lipinski definition) is 10. The maximum absolute atomic E-state index is 12.7. The van der Waals surface area contributed by atoms with Gasteiger partial charge in [-0.05, 0) is 25.7 Å². The lowest BCUT2D eigenvalue weighted by Crippen LogP contribution is -2.57. The van der Waals surface area contributed by atoms with Gasteiger partial charge in [-0.2, -0.15) is 12.6 Å². The topological polar surface area (TPSA) is 295 Å². The lowest BCUT2D eigenvalue weighted by atomic mass is 10.1. The molecule has 0 radical (unpaired) electrons. The van der Waals surface area contributed by atoms with Crippen LogP contribution < -0.4 is 38.9 Å². The summed E-state index contributed by atoms with van der Waals surface area (Å²) in [5.41, 5.74) is 21.2. The quantitative estimate of drug-likeness (QED) is 0.0349. The molecule has 0 aliphatic heterocycles. The molecule has 0 aromatic heterocycles. The number of primary amides is 1. The Bertz CT molecular complexity index is 836. The van der Waals surface area contributed by atoms with E-state index in [1.165, 1.54) is 0 Å². The smallest absolute Gasteiger partial charge is 0.326 e. The molecule has 4 unspecified atom stereocenters. The number of nitrogens with one attached hydrogen (secondary N) is 3. The average Bonchev–Trinajstić information content (AvgIpc) is 2.79. The highest BCUT2D eigenvalue weighted by molar-refractivity contribution is 7.80. The molecule has 204 valence electrons. The van der Waals surface area contributed by atoms with Crippen LogP contribution in [0.25, 0.3) is 0 Å². The maximum Gasteiger partial charge on any atom is 0.326 e. The molecule has 4 atom stereocenters. The second-order valence-electron chi connectivity index (χ2n) is 7.70. The van der Waals surface area contributed by atoms with Crippen LogP contribution in [0.1, 0.15) is 38.5 Å². The van der Waals surface area contributed by atoms with Crippen LogP contribution in [0.5, 0.6) is 0 Å². The van der Waals surface area contributed by atoms with Crippen molar-refractivity contribution < 1.29 is 39.0 Å². The molecule has 0 saturated carbocycles. The Morgan fingerprint density at radius 3 is 1.83 bits per heavy atom. The summed E-state index contributed by atoms with van der Waals surface area (Å²) in [4.78, 5) is 74.7. The molecule has 16 nitrogen and oxygen atoms in total. The number of nitrogens with two attached hydrogens (primary N) is 4. The summed E-state index contributed by atoms with van der Waals surface area (Å²) in [5, 5.41) is 25.0. The maximum atomic E-state index is 12.7. The van der Waals surface area contributed by atoms with Gasteiger partial charge < -0.3 is 49.1 Å². The van der Waals surface area contributed by atoms with Crippen LogP contribution in [0.2, 0.25) is 0 Å².